The molecule has 9 nitrogen and oxygen atoms in total. The van der Waals surface area contributed by atoms with Gasteiger partial charge in [-0.2, -0.15) is 0 Å². The van der Waals surface area contributed by atoms with Gasteiger partial charge in [0.1, 0.15) is 12.3 Å². The lowest BCUT2D eigenvalue weighted by Crippen LogP contribution is -2.51. The monoisotopic (exact) mass is 396 g/mol. The fraction of sp³-hybridized carbons (Fsp3) is 0.200. The van der Waals surface area contributed by atoms with Crippen molar-refractivity contribution in [1.82, 2.24) is 16.2 Å². The Balaban J connectivity index is 1.42. The van der Waals surface area contributed by atoms with E-state index in [4.69, 9.17) is 4.74 Å². The Morgan fingerprint density at radius 3 is 2.38 bits per heavy atom. The number of anilines is 1. The maximum absolute atomic E-state index is 12.1. The van der Waals surface area contributed by atoms with E-state index in [0.29, 0.717) is 11.4 Å². The van der Waals surface area contributed by atoms with Gasteiger partial charge in [-0.3, -0.25) is 34.9 Å². The second-order valence-electron chi connectivity index (χ2n) is 6.27. The molecular weight excluding hydrogens is 376 g/mol. The number of nitrogens with zero attached hydrogens (tertiary/aromatic N) is 1. The lowest BCUT2D eigenvalue weighted by molar-refractivity contribution is -0.130. The van der Waals surface area contributed by atoms with Gasteiger partial charge in [0.15, 0.2) is 6.61 Å². The molecule has 0 saturated heterocycles. The van der Waals surface area contributed by atoms with Crippen LogP contribution in [0.4, 0.5) is 5.69 Å². The number of hydrazine groups is 1. The molecule has 1 aliphatic rings. The largest absolute Gasteiger partial charge is 0.482 e. The summed E-state index contributed by atoms with van der Waals surface area (Å²) in [4.78, 5) is 49.1. The predicted molar refractivity (Wildman–Crippen MR) is 104 cm³/mol. The molecule has 9 heteroatoms. The van der Waals surface area contributed by atoms with Crippen LogP contribution in [0.25, 0.3) is 0 Å². The standard InChI is InChI=1S/C20H20N4O5/c25-17(10-14-6-2-1-3-7-14)21-11-18(26)22-23-19(27)12-24-15-8-4-5-9-16(15)29-13-20(24)28/h1-9H,10-13H2,(H,21,25)(H,22,26)(H,23,27). The third kappa shape index (κ3) is 5.55. The van der Waals surface area contributed by atoms with Crippen molar-refractivity contribution in [3.63, 3.8) is 0 Å². The SMILES string of the molecule is O=C(Cc1ccccc1)NCC(=O)NNC(=O)CN1C(=O)COc2ccccc21. The third-order valence-electron chi connectivity index (χ3n) is 4.10. The topological polar surface area (TPSA) is 117 Å². The number of ether oxygens (including phenoxy) is 1. The number of carbonyl (C=O) groups is 4. The van der Waals surface area contributed by atoms with Crippen LogP contribution in [-0.4, -0.2) is 43.3 Å². The van der Waals surface area contributed by atoms with Gasteiger partial charge in [-0.15, -0.1) is 0 Å². The third-order valence-corrected chi connectivity index (χ3v) is 4.10. The fourth-order valence-electron chi connectivity index (χ4n) is 2.72. The molecule has 0 unspecified atom stereocenters. The predicted octanol–water partition coefficient (Wildman–Crippen LogP) is -0.0817. The van der Waals surface area contributed by atoms with Gasteiger partial charge in [0.25, 0.3) is 17.7 Å². The number of amides is 4. The molecular formula is C20H20N4O5. The number of para-hydroxylation sites is 2. The molecule has 0 bridgehead atoms. The molecule has 150 valence electrons. The van der Waals surface area contributed by atoms with Crippen LogP contribution < -0.4 is 25.8 Å². The number of benzene rings is 2. The Morgan fingerprint density at radius 2 is 1.59 bits per heavy atom. The summed E-state index contributed by atoms with van der Waals surface area (Å²) in [6, 6.07) is 16.0. The highest BCUT2D eigenvalue weighted by molar-refractivity contribution is 6.02. The quantitative estimate of drug-likeness (QED) is 0.591. The summed E-state index contributed by atoms with van der Waals surface area (Å²) in [5, 5.41) is 2.47. The molecule has 1 heterocycles. The second-order valence-corrected chi connectivity index (χ2v) is 6.27. The summed E-state index contributed by atoms with van der Waals surface area (Å²) in [5.41, 5.74) is 5.75. The first kappa shape index (κ1) is 19.9. The van der Waals surface area contributed by atoms with Crippen molar-refractivity contribution >= 4 is 29.3 Å². The van der Waals surface area contributed by atoms with E-state index in [1.54, 1.807) is 24.3 Å². The molecule has 0 radical (unpaired) electrons. The highest BCUT2D eigenvalue weighted by Gasteiger charge is 2.27. The van der Waals surface area contributed by atoms with E-state index in [1.807, 2.05) is 30.3 Å². The van der Waals surface area contributed by atoms with Gasteiger partial charge in [0.05, 0.1) is 18.7 Å². The Kier molecular flexibility index (Phi) is 6.41. The smallest absolute Gasteiger partial charge is 0.265 e. The Hall–Kier alpha value is -3.88. The Morgan fingerprint density at radius 1 is 0.897 bits per heavy atom. The number of carbonyl (C=O) groups excluding carboxylic acids is 4. The van der Waals surface area contributed by atoms with Gasteiger partial charge in [0.2, 0.25) is 5.91 Å². The van der Waals surface area contributed by atoms with Crippen LogP contribution in [0.2, 0.25) is 0 Å². The summed E-state index contributed by atoms with van der Waals surface area (Å²) < 4.78 is 5.31. The van der Waals surface area contributed by atoms with Gasteiger partial charge < -0.3 is 10.1 Å². The lowest BCUT2D eigenvalue weighted by Gasteiger charge is -2.28. The molecule has 0 aliphatic carbocycles. The molecule has 4 amide bonds. The summed E-state index contributed by atoms with van der Waals surface area (Å²) in [6.45, 7) is -0.727. The van der Waals surface area contributed by atoms with Crippen molar-refractivity contribution in [2.24, 2.45) is 0 Å². The van der Waals surface area contributed by atoms with E-state index >= 15 is 0 Å². The van der Waals surface area contributed by atoms with Crippen molar-refractivity contribution < 1.29 is 23.9 Å². The van der Waals surface area contributed by atoms with Crippen molar-refractivity contribution in [2.75, 3.05) is 24.6 Å². The van der Waals surface area contributed by atoms with Crippen molar-refractivity contribution in [3.8, 4) is 5.75 Å². The average molecular weight is 396 g/mol. The first-order valence-electron chi connectivity index (χ1n) is 8.93. The highest BCUT2D eigenvalue weighted by atomic mass is 16.5. The van der Waals surface area contributed by atoms with Gasteiger partial charge >= 0.3 is 0 Å². The number of rotatable bonds is 6. The summed E-state index contributed by atoms with van der Waals surface area (Å²) in [5.74, 6) is -1.34. The summed E-state index contributed by atoms with van der Waals surface area (Å²) in [7, 11) is 0. The maximum atomic E-state index is 12.1. The van der Waals surface area contributed by atoms with E-state index in [2.05, 4.69) is 16.2 Å². The molecule has 0 atom stereocenters. The first-order valence-corrected chi connectivity index (χ1v) is 8.93. The number of hydrogen-bond donors (Lipinski definition) is 3. The molecule has 3 N–H and O–H groups in total. The van der Waals surface area contributed by atoms with Gasteiger partial charge in [-0.05, 0) is 17.7 Å². The van der Waals surface area contributed by atoms with Gasteiger partial charge in [-0.25, -0.2) is 0 Å². The number of hydrogen-bond acceptors (Lipinski definition) is 5. The van der Waals surface area contributed by atoms with E-state index in [9.17, 15) is 19.2 Å². The fourth-order valence-corrected chi connectivity index (χ4v) is 2.72. The van der Waals surface area contributed by atoms with Crippen LogP contribution >= 0.6 is 0 Å². The first-order chi connectivity index (χ1) is 14.0. The van der Waals surface area contributed by atoms with Crippen molar-refractivity contribution in [3.05, 3.63) is 60.2 Å². The molecule has 1 aliphatic heterocycles. The molecule has 0 spiro atoms. The zero-order valence-electron chi connectivity index (χ0n) is 15.5. The van der Waals surface area contributed by atoms with Crippen LogP contribution in [0.15, 0.2) is 54.6 Å². The number of fused-ring (bicyclic) bond motifs is 1. The molecule has 3 rings (SSSR count). The van der Waals surface area contributed by atoms with E-state index in [0.717, 1.165) is 5.56 Å². The van der Waals surface area contributed by atoms with Gasteiger partial charge in [-0.1, -0.05) is 42.5 Å². The maximum Gasteiger partial charge on any atom is 0.265 e. The van der Waals surface area contributed by atoms with Crippen molar-refractivity contribution in [1.29, 1.82) is 0 Å². The molecule has 2 aromatic rings. The van der Waals surface area contributed by atoms with Crippen molar-refractivity contribution in [2.45, 2.75) is 6.42 Å². The summed E-state index contributed by atoms with van der Waals surface area (Å²) >= 11 is 0. The van der Waals surface area contributed by atoms with E-state index in [1.165, 1.54) is 4.90 Å². The van der Waals surface area contributed by atoms with Crippen LogP contribution in [0.1, 0.15) is 5.56 Å². The van der Waals surface area contributed by atoms with E-state index in [-0.39, 0.29) is 37.9 Å². The Bertz CT molecular complexity index is 916. The van der Waals surface area contributed by atoms with Gasteiger partial charge in [0, 0.05) is 0 Å². The molecule has 0 aromatic heterocycles. The van der Waals surface area contributed by atoms with Crippen LogP contribution in [0.5, 0.6) is 5.75 Å². The van der Waals surface area contributed by atoms with E-state index < -0.39 is 11.8 Å². The minimum absolute atomic E-state index is 0.152. The molecule has 0 fully saturated rings. The minimum Gasteiger partial charge on any atom is -0.482 e. The molecule has 2 aromatic carbocycles. The molecule has 0 saturated carbocycles. The molecule has 29 heavy (non-hydrogen) atoms. The average Bonchev–Trinajstić information content (AvgIpc) is 2.73. The number of nitrogens with one attached hydrogen (secondary N) is 3. The minimum atomic E-state index is -0.589. The zero-order chi connectivity index (χ0) is 20.6. The highest BCUT2D eigenvalue weighted by Crippen LogP contribution is 2.30. The lowest BCUT2D eigenvalue weighted by atomic mass is 10.1. The summed E-state index contributed by atoms with van der Waals surface area (Å²) in [6.07, 6.45) is 0.152. The zero-order valence-corrected chi connectivity index (χ0v) is 15.5. The van der Waals surface area contributed by atoms with Crippen LogP contribution in [-0.2, 0) is 25.6 Å². The normalized spacial score (nSPS) is 12.4. The Labute approximate surface area is 167 Å². The van der Waals surface area contributed by atoms with Crippen LogP contribution in [0.3, 0.4) is 0 Å². The van der Waals surface area contributed by atoms with Crippen LogP contribution in [0, 0.1) is 0 Å². The second kappa shape index (κ2) is 9.36.